The van der Waals surface area contributed by atoms with Gasteiger partial charge in [-0.15, -0.1) is 0 Å². The Hall–Kier alpha value is -2.71. The number of aromatic nitrogens is 1. The second-order valence-corrected chi connectivity index (χ2v) is 5.90. The molecule has 0 aliphatic carbocycles. The van der Waals surface area contributed by atoms with Gasteiger partial charge < -0.3 is 10.1 Å². The Labute approximate surface area is 146 Å². The van der Waals surface area contributed by atoms with Crippen LogP contribution < -0.4 is 9.88 Å². The van der Waals surface area contributed by atoms with E-state index in [2.05, 4.69) is 15.0 Å². The number of nitrogens with zero attached hydrogens (tertiary/aromatic N) is 2. The molecule has 1 heterocycles. The van der Waals surface area contributed by atoms with Crippen molar-refractivity contribution in [1.82, 2.24) is 5.32 Å². The fourth-order valence-electron chi connectivity index (χ4n) is 1.65. The zero-order chi connectivity index (χ0) is 18.9. The predicted molar refractivity (Wildman–Crippen MR) is 85.7 cm³/mol. The zero-order valence-corrected chi connectivity index (χ0v) is 15.0. The van der Waals surface area contributed by atoms with E-state index in [1.807, 2.05) is 20.8 Å². The molecule has 1 N–H and O–H groups in total. The molecule has 1 aromatic rings. The normalized spacial score (nSPS) is 10.7. The fourth-order valence-corrected chi connectivity index (χ4v) is 1.65. The maximum absolute atomic E-state index is 12.0. The third kappa shape index (κ3) is 6.74. The molecule has 0 radical (unpaired) electrons. The molecular formula is C16H25N3O6+2. The van der Waals surface area contributed by atoms with Crippen LogP contribution in [-0.4, -0.2) is 37.2 Å². The van der Waals surface area contributed by atoms with E-state index in [9.17, 15) is 14.5 Å². The quantitative estimate of drug-likeness (QED) is 0.290. The Morgan fingerprint density at radius 2 is 2.08 bits per heavy atom. The van der Waals surface area contributed by atoms with Gasteiger partial charge in [-0.05, 0) is 26.3 Å². The highest BCUT2D eigenvalue weighted by Gasteiger charge is 2.28. The molecule has 0 fully saturated rings. The summed E-state index contributed by atoms with van der Waals surface area (Å²) in [4.78, 5) is 43.5. The molecule has 9 heteroatoms. The molecule has 0 aromatic carbocycles. The van der Waals surface area contributed by atoms with Crippen LogP contribution in [0.5, 0.6) is 0 Å². The molecule has 1 amide bonds. The third-order valence-corrected chi connectivity index (χ3v) is 3.63. The second-order valence-electron chi connectivity index (χ2n) is 5.90. The number of nitrogens with one attached hydrogen (secondary N) is 1. The van der Waals surface area contributed by atoms with Gasteiger partial charge in [0, 0.05) is 6.07 Å². The maximum Gasteiger partial charge on any atom is 0.477 e. The van der Waals surface area contributed by atoms with Crippen LogP contribution in [0.1, 0.15) is 37.6 Å². The Kier molecular flexibility index (Phi) is 7.77. The lowest BCUT2D eigenvalue weighted by Crippen LogP contribution is -2.39. The van der Waals surface area contributed by atoms with Gasteiger partial charge in [-0.2, -0.15) is 14.2 Å². The van der Waals surface area contributed by atoms with E-state index in [-0.39, 0.29) is 36.8 Å². The minimum absolute atomic E-state index is 0.0193. The number of esters is 1. The van der Waals surface area contributed by atoms with Crippen LogP contribution in [0.15, 0.2) is 24.5 Å². The number of hydrogen-bond acceptors (Lipinski definition) is 6. The van der Waals surface area contributed by atoms with Crippen molar-refractivity contribution in [3.8, 4) is 0 Å². The molecule has 25 heavy (non-hydrogen) atoms. The van der Waals surface area contributed by atoms with Gasteiger partial charge >= 0.3 is 11.1 Å². The molecule has 0 bridgehead atoms. The number of carbonyl (C=O) groups excluding carboxylic acids is 2. The Morgan fingerprint density at radius 3 is 2.72 bits per heavy atom. The summed E-state index contributed by atoms with van der Waals surface area (Å²) < 4.78 is 6.87. The summed E-state index contributed by atoms with van der Waals surface area (Å²) in [5, 5.41) is 2.55. The monoisotopic (exact) mass is 355 g/mol. The number of ether oxygens (including phenoxy) is 1. The van der Waals surface area contributed by atoms with Crippen molar-refractivity contribution in [3.63, 3.8) is 0 Å². The largest absolute Gasteiger partial charge is 0.477 e. The summed E-state index contributed by atoms with van der Waals surface area (Å²) in [6.07, 6.45) is 3.93. The first kappa shape index (κ1) is 20.3. The molecule has 0 aliphatic heterocycles. The highest BCUT2D eigenvalue weighted by molar-refractivity contribution is 5.93. The van der Waals surface area contributed by atoms with Crippen LogP contribution in [0.2, 0.25) is 0 Å². The lowest BCUT2D eigenvalue weighted by Gasteiger charge is -2.18. The van der Waals surface area contributed by atoms with E-state index in [4.69, 9.17) is 4.74 Å². The molecular weight excluding hydrogens is 330 g/mol. The lowest BCUT2D eigenvalue weighted by molar-refractivity contribution is -0.976. The van der Waals surface area contributed by atoms with Crippen LogP contribution in [0.25, 0.3) is 0 Å². The first-order valence-corrected chi connectivity index (χ1v) is 7.89. The molecule has 0 aliphatic rings. The van der Waals surface area contributed by atoms with Gasteiger partial charge in [0.05, 0.1) is 12.0 Å². The summed E-state index contributed by atoms with van der Waals surface area (Å²) in [5.74, 6) is -0.636. The summed E-state index contributed by atoms with van der Waals surface area (Å²) in [7, 11) is 1.17. The molecule has 138 valence electrons. The van der Waals surface area contributed by atoms with E-state index in [1.54, 1.807) is 29.1 Å². The van der Waals surface area contributed by atoms with Gasteiger partial charge in [-0.1, -0.05) is 6.92 Å². The number of hydrogen-bond donors (Lipinski definition) is 1. The molecule has 0 saturated carbocycles. The molecule has 0 spiro atoms. The van der Waals surface area contributed by atoms with E-state index in [1.165, 1.54) is 7.11 Å². The van der Waals surface area contributed by atoms with Gasteiger partial charge in [0.25, 0.3) is 12.6 Å². The number of rotatable bonds is 10. The third-order valence-electron chi connectivity index (χ3n) is 3.63. The molecule has 9 nitrogen and oxygen atoms in total. The SMILES string of the molecule is CCC(C)(C)C(=O)OC[n+]1cccc(C(=O)NCCO[N+](=O)OC)c1. The maximum atomic E-state index is 12.0. The highest BCUT2D eigenvalue weighted by Crippen LogP contribution is 2.21. The van der Waals surface area contributed by atoms with Gasteiger partial charge in [0.2, 0.25) is 0 Å². The molecule has 0 unspecified atom stereocenters. The fraction of sp³-hybridized carbons (Fsp3) is 0.562. The summed E-state index contributed by atoms with van der Waals surface area (Å²) in [5.41, 5.74) is -0.160. The van der Waals surface area contributed by atoms with Gasteiger partial charge in [0.15, 0.2) is 26.1 Å². The van der Waals surface area contributed by atoms with Crippen LogP contribution in [0.3, 0.4) is 0 Å². The topological polar surface area (TPSA) is 97.8 Å². The first-order chi connectivity index (χ1) is 11.8. The van der Waals surface area contributed by atoms with Crippen molar-refractivity contribution in [1.29, 1.82) is 0 Å². The lowest BCUT2D eigenvalue weighted by atomic mass is 9.91. The average molecular weight is 355 g/mol. The molecule has 0 atom stereocenters. The van der Waals surface area contributed by atoms with E-state index >= 15 is 0 Å². The standard InChI is InChI=1S/C16H24N3O6/c1-5-16(2,3)15(21)24-12-18-9-6-7-13(11-18)14(20)17-8-10-25-19(22)23-4/h6-7,9,11H,5,8,10,12H2,1-4H3/q+1/p+1. The van der Waals surface area contributed by atoms with Gasteiger partial charge in [0.1, 0.15) is 10.5 Å². The minimum Gasteiger partial charge on any atom is -0.404 e. The molecule has 1 aromatic heterocycles. The van der Waals surface area contributed by atoms with Crippen LogP contribution in [0.4, 0.5) is 0 Å². The Morgan fingerprint density at radius 1 is 1.36 bits per heavy atom. The Balaban J connectivity index is 2.52. The van der Waals surface area contributed by atoms with E-state index < -0.39 is 5.41 Å². The number of amides is 1. The van der Waals surface area contributed by atoms with Gasteiger partial charge in [-0.25, -0.2) is 0 Å². The van der Waals surface area contributed by atoms with E-state index in [0.717, 1.165) is 0 Å². The molecule has 1 rings (SSSR count). The summed E-state index contributed by atoms with van der Waals surface area (Å²) >= 11 is 0. The van der Waals surface area contributed by atoms with Crippen molar-refractivity contribution >= 4 is 11.9 Å². The minimum atomic E-state index is -0.548. The van der Waals surface area contributed by atoms with Crippen LogP contribution in [0, 0.1) is 10.3 Å². The predicted octanol–water partition coefficient (Wildman–Crippen LogP) is 0.913. The zero-order valence-electron chi connectivity index (χ0n) is 15.0. The van der Waals surface area contributed by atoms with Crippen LogP contribution in [-0.2, 0) is 25.9 Å². The Bertz CT molecular complexity index is 618. The van der Waals surface area contributed by atoms with Crippen LogP contribution >= 0.6 is 0 Å². The second kappa shape index (κ2) is 9.55. The first-order valence-electron chi connectivity index (χ1n) is 7.89. The average Bonchev–Trinajstić information content (AvgIpc) is 2.62. The van der Waals surface area contributed by atoms with Crippen molar-refractivity contribution in [2.45, 2.75) is 33.9 Å². The highest BCUT2D eigenvalue weighted by atomic mass is 17.0. The number of pyridine rings is 1. The van der Waals surface area contributed by atoms with Crippen molar-refractivity contribution in [2.75, 3.05) is 20.3 Å². The summed E-state index contributed by atoms with van der Waals surface area (Å²) in [6.45, 7) is 5.68. The molecule has 0 saturated heterocycles. The number of carbonyl (C=O) groups is 2. The van der Waals surface area contributed by atoms with Gasteiger partial charge in [-0.3, -0.25) is 9.59 Å². The van der Waals surface area contributed by atoms with Crippen molar-refractivity contribution in [2.24, 2.45) is 5.41 Å². The van der Waals surface area contributed by atoms with E-state index in [0.29, 0.717) is 12.0 Å². The van der Waals surface area contributed by atoms with Crippen molar-refractivity contribution in [3.05, 3.63) is 35.0 Å². The summed E-state index contributed by atoms with van der Waals surface area (Å²) in [6, 6.07) is 3.30. The smallest absolute Gasteiger partial charge is 0.404 e. The van der Waals surface area contributed by atoms with Crippen molar-refractivity contribution < 1.29 is 33.7 Å².